The highest BCUT2D eigenvalue weighted by atomic mass is 16.6. The molecule has 6 nitrogen and oxygen atoms in total. The molecule has 0 aromatic carbocycles. The summed E-state index contributed by atoms with van der Waals surface area (Å²) < 4.78 is 16.8. The Labute approximate surface area is 400 Å². The lowest BCUT2D eigenvalue weighted by Crippen LogP contribution is -2.30. The van der Waals surface area contributed by atoms with Gasteiger partial charge >= 0.3 is 17.9 Å². The topological polar surface area (TPSA) is 78.9 Å². The van der Waals surface area contributed by atoms with Crippen molar-refractivity contribution in [3.05, 3.63) is 97.2 Å². The third-order valence-corrected chi connectivity index (χ3v) is 11.0. The van der Waals surface area contributed by atoms with Gasteiger partial charge in [-0.2, -0.15) is 0 Å². The number of rotatable bonds is 47. The van der Waals surface area contributed by atoms with Crippen LogP contribution in [0.25, 0.3) is 0 Å². The van der Waals surface area contributed by atoms with Crippen LogP contribution in [0.1, 0.15) is 239 Å². The summed E-state index contributed by atoms with van der Waals surface area (Å²) in [7, 11) is 0. The van der Waals surface area contributed by atoms with Crippen LogP contribution in [0.4, 0.5) is 0 Å². The van der Waals surface area contributed by atoms with Crippen molar-refractivity contribution in [2.45, 2.75) is 245 Å². The van der Waals surface area contributed by atoms with E-state index in [9.17, 15) is 14.4 Å². The Balaban J connectivity index is 4.49. The van der Waals surface area contributed by atoms with E-state index in [0.29, 0.717) is 19.3 Å². The summed E-state index contributed by atoms with van der Waals surface area (Å²) in [6, 6.07) is 0. The molecule has 0 fully saturated rings. The maximum Gasteiger partial charge on any atom is 0.306 e. The van der Waals surface area contributed by atoms with Crippen molar-refractivity contribution in [1.29, 1.82) is 0 Å². The molecule has 0 aliphatic rings. The fourth-order valence-electron chi connectivity index (χ4n) is 7.02. The van der Waals surface area contributed by atoms with Crippen LogP contribution < -0.4 is 0 Å². The number of unbranched alkanes of at least 4 members (excludes halogenated alkanes) is 20. The standard InChI is InChI=1S/C59H98O6/c1-4-7-10-13-16-19-22-25-28-29-32-34-37-40-43-46-49-52-58(61)64-55-56(65-59(62)53-50-47-44-41-38-35-31-27-24-21-18-15-12-9-6-3)54-63-57(60)51-48-45-42-39-36-33-30-26-23-20-17-14-11-8-5-2/h8,11,16-21,25-28,30-32,34,56H,4-7,9-10,12-15,22-24,29,33,35-55H2,1-3H3/b11-8-,19-16-,20-17-,21-18-,28-25-,30-26-,31-27-,34-32-/t56-/m1/s1. The lowest BCUT2D eigenvalue weighted by molar-refractivity contribution is -0.167. The predicted molar refractivity (Wildman–Crippen MR) is 279 cm³/mol. The SMILES string of the molecule is CC/C=C\C/C=C\C/C=C\CCCCCCCC(=O)OC[C@H](COC(=O)CCCCCC/C=C\C/C=C\C/C=C\CCCCC)OC(=O)CCCCCCC/C=C\C/C=C\CCCCC. The molecule has 0 spiro atoms. The largest absolute Gasteiger partial charge is 0.462 e. The van der Waals surface area contributed by atoms with E-state index in [1.54, 1.807) is 0 Å². The van der Waals surface area contributed by atoms with Gasteiger partial charge in [0, 0.05) is 19.3 Å². The van der Waals surface area contributed by atoms with E-state index in [2.05, 4.69) is 118 Å². The Morgan fingerprint density at radius 2 is 0.600 bits per heavy atom. The second-order valence-corrected chi connectivity index (χ2v) is 17.4. The maximum absolute atomic E-state index is 12.8. The Morgan fingerprint density at radius 1 is 0.323 bits per heavy atom. The first-order valence-corrected chi connectivity index (χ1v) is 26.7. The van der Waals surface area contributed by atoms with E-state index < -0.39 is 6.10 Å². The summed E-state index contributed by atoms with van der Waals surface area (Å²) in [6.45, 7) is 6.42. The molecule has 0 aromatic rings. The van der Waals surface area contributed by atoms with Crippen molar-refractivity contribution < 1.29 is 28.6 Å². The van der Waals surface area contributed by atoms with E-state index in [4.69, 9.17) is 14.2 Å². The van der Waals surface area contributed by atoms with Crippen LogP contribution in [-0.4, -0.2) is 37.2 Å². The smallest absolute Gasteiger partial charge is 0.306 e. The number of hydrogen-bond donors (Lipinski definition) is 0. The average Bonchev–Trinajstić information content (AvgIpc) is 3.30. The first-order chi connectivity index (χ1) is 32.0. The van der Waals surface area contributed by atoms with Crippen molar-refractivity contribution in [2.24, 2.45) is 0 Å². The van der Waals surface area contributed by atoms with Crippen LogP contribution >= 0.6 is 0 Å². The van der Waals surface area contributed by atoms with Gasteiger partial charge in [0.25, 0.3) is 0 Å². The molecule has 0 saturated carbocycles. The van der Waals surface area contributed by atoms with Crippen LogP contribution in [0.15, 0.2) is 97.2 Å². The molecule has 0 aromatic heterocycles. The highest BCUT2D eigenvalue weighted by molar-refractivity contribution is 5.71. The van der Waals surface area contributed by atoms with Crippen molar-refractivity contribution in [3.8, 4) is 0 Å². The molecule has 6 heteroatoms. The number of ether oxygens (including phenoxy) is 3. The average molecular weight is 903 g/mol. The Kier molecular flexibility index (Phi) is 50.0. The quantitative estimate of drug-likeness (QED) is 0.0262. The number of esters is 3. The molecule has 0 aliphatic heterocycles. The molecule has 0 N–H and O–H groups in total. The molecule has 0 heterocycles. The number of carbonyl (C=O) groups is 3. The van der Waals surface area contributed by atoms with E-state index in [1.807, 2.05) is 0 Å². The van der Waals surface area contributed by atoms with Gasteiger partial charge in [-0.05, 0) is 122 Å². The minimum absolute atomic E-state index is 0.101. The lowest BCUT2D eigenvalue weighted by Gasteiger charge is -2.18. The minimum atomic E-state index is -0.802. The third kappa shape index (κ3) is 51.2. The molecule has 0 saturated heterocycles. The molecular weight excluding hydrogens is 805 g/mol. The van der Waals surface area contributed by atoms with Crippen LogP contribution in [0.2, 0.25) is 0 Å². The number of hydrogen-bond acceptors (Lipinski definition) is 6. The molecule has 0 aliphatic carbocycles. The van der Waals surface area contributed by atoms with Gasteiger partial charge < -0.3 is 14.2 Å². The van der Waals surface area contributed by atoms with Gasteiger partial charge in [-0.25, -0.2) is 0 Å². The molecule has 0 rings (SSSR count). The van der Waals surface area contributed by atoms with Gasteiger partial charge in [-0.3, -0.25) is 14.4 Å². The fraction of sp³-hybridized carbons (Fsp3) is 0.678. The number of carbonyl (C=O) groups excluding carboxylic acids is 3. The highest BCUT2D eigenvalue weighted by Gasteiger charge is 2.19. The lowest BCUT2D eigenvalue weighted by atomic mass is 10.1. The van der Waals surface area contributed by atoms with E-state index in [-0.39, 0.29) is 31.1 Å². The molecule has 0 radical (unpaired) electrons. The molecule has 0 bridgehead atoms. The normalized spacial score (nSPS) is 12.8. The predicted octanol–water partition coefficient (Wildman–Crippen LogP) is 17.8. The van der Waals surface area contributed by atoms with Gasteiger partial charge in [-0.15, -0.1) is 0 Å². The van der Waals surface area contributed by atoms with Crippen LogP contribution in [0.5, 0.6) is 0 Å². The minimum Gasteiger partial charge on any atom is -0.462 e. The van der Waals surface area contributed by atoms with E-state index >= 15 is 0 Å². The summed E-state index contributed by atoms with van der Waals surface area (Å²) in [5.74, 6) is -0.954. The van der Waals surface area contributed by atoms with Gasteiger partial charge in [0.05, 0.1) is 0 Å². The van der Waals surface area contributed by atoms with Crippen LogP contribution in [0.3, 0.4) is 0 Å². The summed E-state index contributed by atoms with van der Waals surface area (Å²) >= 11 is 0. The summed E-state index contributed by atoms with van der Waals surface area (Å²) in [6.07, 6.45) is 69.5. The molecular formula is C59H98O6. The maximum atomic E-state index is 12.8. The fourth-order valence-corrected chi connectivity index (χ4v) is 7.02. The first-order valence-electron chi connectivity index (χ1n) is 26.7. The van der Waals surface area contributed by atoms with Crippen LogP contribution in [-0.2, 0) is 28.6 Å². The van der Waals surface area contributed by atoms with Crippen molar-refractivity contribution in [3.63, 3.8) is 0 Å². The Hall–Kier alpha value is -3.67. The zero-order valence-electron chi connectivity index (χ0n) is 42.2. The summed E-state index contributed by atoms with van der Waals surface area (Å²) in [5.41, 5.74) is 0. The molecule has 1 atom stereocenters. The highest BCUT2D eigenvalue weighted by Crippen LogP contribution is 2.13. The van der Waals surface area contributed by atoms with Crippen molar-refractivity contribution in [1.82, 2.24) is 0 Å². The zero-order valence-corrected chi connectivity index (χ0v) is 42.2. The second-order valence-electron chi connectivity index (χ2n) is 17.4. The zero-order chi connectivity index (χ0) is 47.2. The van der Waals surface area contributed by atoms with Crippen molar-refractivity contribution >= 4 is 17.9 Å². The third-order valence-electron chi connectivity index (χ3n) is 11.0. The Bertz CT molecular complexity index is 1310. The van der Waals surface area contributed by atoms with Crippen LogP contribution in [0, 0.1) is 0 Å². The summed E-state index contributed by atoms with van der Waals surface area (Å²) in [4.78, 5) is 38.0. The molecule has 65 heavy (non-hydrogen) atoms. The van der Waals surface area contributed by atoms with Gasteiger partial charge in [-0.1, -0.05) is 195 Å². The number of allylic oxidation sites excluding steroid dienone is 16. The van der Waals surface area contributed by atoms with E-state index in [0.717, 1.165) is 148 Å². The van der Waals surface area contributed by atoms with Gasteiger partial charge in [0.15, 0.2) is 6.10 Å². The molecule has 370 valence electrons. The van der Waals surface area contributed by atoms with E-state index in [1.165, 1.54) is 51.4 Å². The van der Waals surface area contributed by atoms with Gasteiger partial charge in [0.2, 0.25) is 0 Å². The monoisotopic (exact) mass is 903 g/mol. The van der Waals surface area contributed by atoms with Crippen molar-refractivity contribution in [2.75, 3.05) is 13.2 Å². The molecule has 0 unspecified atom stereocenters. The first kappa shape index (κ1) is 61.3. The summed E-state index contributed by atoms with van der Waals surface area (Å²) in [5, 5.41) is 0. The second kappa shape index (κ2) is 52.9. The van der Waals surface area contributed by atoms with Gasteiger partial charge in [0.1, 0.15) is 13.2 Å². The molecule has 0 amide bonds. The Morgan fingerprint density at radius 3 is 0.938 bits per heavy atom.